The van der Waals surface area contributed by atoms with Crippen LogP contribution < -0.4 is 0 Å². The smallest absolute Gasteiger partial charge is 0.375 e. The van der Waals surface area contributed by atoms with Crippen molar-refractivity contribution in [3.05, 3.63) is 0 Å². The number of carboxylic acids is 1. The molecule has 0 aromatic heterocycles. The topological polar surface area (TPSA) is 54.4 Å². The lowest BCUT2D eigenvalue weighted by molar-refractivity contribution is -0.186. The molecule has 0 unspecified atom stereocenters. The highest BCUT2D eigenvalue weighted by atomic mass is 19.3. The number of rotatable bonds is 3. The summed E-state index contributed by atoms with van der Waals surface area (Å²) >= 11 is 0. The largest absolute Gasteiger partial charge is 0.477 e. The van der Waals surface area contributed by atoms with Gasteiger partial charge in [0.2, 0.25) is 0 Å². The first-order valence-corrected chi connectivity index (χ1v) is 3.26. The Bertz CT molecular complexity index is 197. The quantitative estimate of drug-likeness (QED) is 0.712. The third-order valence-corrected chi connectivity index (χ3v) is 1.93. The van der Waals surface area contributed by atoms with E-state index in [-0.39, 0.29) is 0 Å². The van der Waals surface area contributed by atoms with Crippen molar-refractivity contribution in [1.82, 2.24) is 0 Å². The summed E-state index contributed by atoms with van der Waals surface area (Å²) in [6, 6.07) is 0. The highest BCUT2D eigenvalue weighted by Crippen LogP contribution is 2.37. The first-order chi connectivity index (χ1) is 5.14. The minimum absolute atomic E-state index is 0.852. The van der Waals surface area contributed by atoms with Crippen molar-refractivity contribution in [2.75, 3.05) is 0 Å². The number of ketones is 1. The van der Waals surface area contributed by atoms with Crippen molar-refractivity contribution in [3.8, 4) is 0 Å². The number of alkyl halides is 2. The SMILES string of the molecule is CC(=O)C(C)(C)C(F)(F)C(=O)O. The number of Topliss-reactive ketones (excluding diaryl/α,β-unsaturated/α-hetero) is 1. The Hall–Kier alpha value is -1.00. The van der Waals surface area contributed by atoms with Crippen LogP contribution >= 0.6 is 0 Å². The molecule has 5 heteroatoms. The molecule has 12 heavy (non-hydrogen) atoms. The lowest BCUT2D eigenvalue weighted by atomic mass is 9.82. The highest BCUT2D eigenvalue weighted by molar-refractivity contribution is 5.90. The van der Waals surface area contributed by atoms with E-state index >= 15 is 0 Å². The van der Waals surface area contributed by atoms with Gasteiger partial charge in [-0.3, -0.25) is 4.79 Å². The van der Waals surface area contributed by atoms with E-state index in [2.05, 4.69) is 0 Å². The fourth-order valence-electron chi connectivity index (χ4n) is 0.488. The molecule has 0 aliphatic heterocycles. The average molecular weight is 180 g/mol. The van der Waals surface area contributed by atoms with Gasteiger partial charge >= 0.3 is 11.9 Å². The maximum atomic E-state index is 12.8. The molecular weight excluding hydrogens is 170 g/mol. The van der Waals surface area contributed by atoms with Gasteiger partial charge in [-0.2, -0.15) is 8.78 Å². The molecule has 0 fully saturated rings. The molecule has 0 bridgehead atoms. The third-order valence-electron chi connectivity index (χ3n) is 1.93. The Morgan fingerprint density at radius 3 is 1.67 bits per heavy atom. The summed E-state index contributed by atoms with van der Waals surface area (Å²) in [5, 5.41) is 8.12. The van der Waals surface area contributed by atoms with E-state index in [0.29, 0.717) is 0 Å². The second kappa shape index (κ2) is 2.80. The minimum atomic E-state index is -4.02. The number of carbonyl (C=O) groups is 2. The number of halogens is 2. The number of hydrogen-bond acceptors (Lipinski definition) is 2. The summed E-state index contributed by atoms with van der Waals surface area (Å²) in [6.07, 6.45) is 0. The van der Waals surface area contributed by atoms with Crippen molar-refractivity contribution >= 4 is 11.8 Å². The summed E-state index contributed by atoms with van der Waals surface area (Å²) in [6.45, 7) is 2.75. The third kappa shape index (κ3) is 1.44. The van der Waals surface area contributed by atoms with Gasteiger partial charge in [-0.15, -0.1) is 0 Å². The van der Waals surface area contributed by atoms with Crippen LogP contribution in [-0.4, -0.2) is 22.8 Å². The van der Waals surface area contributed by atoms with Crippen LogP contribution in [0.2, 0.25) is 0 Å². The second-order valence-corrected chi connectivity index (χ2v) is 3.06. The van der Waals surface area contributed by atoms with Gasteiger partial charge in [-0.25, -0.2) is 4.79 Å². The number of aliphatic carboxylic acids is 1. The first-order valence-electron chi connectivity index (χ1n) is 3.26. The van der Waals surface area contributed by atoms with Gasteiger partial charge in [0.1, 0.15) is 5.78 Å². The second-order valence-electron chi connectivity index (χ2n) is 3.06. The summed E-state index contributed by atoms with van der Waals surface area (Å²) in [5.41, 5.74) is -2.15. The Kier molecular flexibility index (Phi) is 2.57. The molecule has 3 nitrogen and oxygen atoms in total. The molecule has 0 rings (SSSR count). The molecule has 0 radical (unpaired) electrons. The molecule has 0 saturated heterocycles. The molecule has 0 atom stereocenters. The van der Waals surface area contributed by atoms with Crippen molar-refractivity contribution in [2.24, 2.45) is 5.41 Å². The van der Waals surface area contributed by atoms with E-state index < -0.39 is 23.1 Å². The van der Waals surface area contributed by atoms with Crippen LogP contribution in [0.3, 0.4) is 0 Å². The predicted molar refractivity (Wildman–Crippen MR) is 37.0 cm³/mol. The summed E-state index contributed by atoms with van der Waals surface area (Å²) in [4.78, 5) is 20.7. The van der Waals surface area contributed by atoms with Crippen LogP contribution in [0.5, 0.6) is 0 Å². The fourth-order valence-corrected chi connectivity index (χ4v) is 0.488. The van der Waals surface area contributed by atoms with E-state index in [9.17, 15) is 18.4 Å². The number of carboxylic acid groups (broad SMARTS) is 1. The summed E-state index contributed by atoms with van der Waals surface area (Å²) in [5.74, 6) is -7.14. The van der Waals surface area contributed by atoms with Crippen LogP contribution in [0.4, 0.5) is 8.78 Å². The molecule has 0 heterocycles. The molecule has 70 valence electrons. The molecule has 0 saturated carbocycles. The van der Waals surface area contributed by atoms with E-state index in [1.54, 1.807) is 0 Å². The van der Waals surface area contributed by atoms with Gasteiger partial charge in [0, 0.05) is 0 Å². The predicted octanol–water partition coefficient (Wildman–Crippen LogP) is 1.32. The molecule has 0 aliphatic rings. The summed E-state index contributed by atoms with van der Waals surface area (Å²) < 4.78 is 25.5. The Balaban J connectivity index is 5.01. The highest BCUT2D eigenvalue weighted by Gasteiger charge is 2.56. The monoisotopic (exact) mass is 180 g/mol. The zero-order chi connectivity index (χ0) is 10.2. The Morgan fingerprint density at radius 2 is 1.58 bits per heavy atom. The minimum Gasteiger partial charge on any atom is -0.477 e. The van der Waals surface area contributed by atoms with Crippen molar-refractivity contribution < 1.29 is 23.5 Å². The molecular formula is C7H10F2O3. The van der Waals surface area contributed by atoms with Gasteiger partial charge < -0.3 is 5.11 Å². The maximum Gasteiger partial charge on any atom is 0.375 e. The molecule has 0 amide bonds. The van der Waals surface area contributed by atoms with Gasteiger partial charge in [0.05, 0.1) is 5.41 Å². The van der Waals surface area contributed by atoms with Crippen molar-refractivity contribution in [3.63, 3.8) is 0 Å². The van der Waals surface area contributed by atoms with Crippen molar-refractivity contribution in [2.45, 2.75) is 26.7 Å². The molecule has 1 N–H and O–H groups in total. The van der Waals surface area contributed by atoms with Crippen LogP contribution in [0, 0.1) is 5.41 Å². The van der Waals surface area contributed by atoms with Gasteiger partial charge in [0.15, 0.2) is 0 Å². The Morgan fingerprint density at radius 1 is 1.25 bits per heavy atom. The molecule has 0 spiro atoms. The maximum absolute atomic E-state index is 12.8. The first kappa shape index (κ1) is 11.0. The van der Waals surface area contributed by atoms with Gasteiger partial charge in [-0.05, 0) is 20.8 Å². The van der Waals surface area contributed by atoms with E-state index in [1.165, 1.54) is 0 Å². The molecule has 0 aliphatic carbocycles. The van der Waals surface area contributed by atoms with Gasteiger partial charge in [-0.1, -0.05) is 0 Å². The standard InChI is InChI=1S/C7H10F2O3/c1-4(10)6(2,3)7(8,9)5(11)12/h1-3H3,(H,11,12). The summed E-state index contributed by atoms with van der Waals surface area (Å²) in [7, 11) is 0. The molecule has 0 aromatic rings. The lowest BCUT2D eigenvalue weighted by Gasteiger charge is -2.27. The van der Waals surface area contributed by atoms with Crippen molar-refractivity contribution in [1.29, 1.82) is 0 Å². The van der Waals surface area contributed by atoms with E-state index in [0.717, 1.165) is 20.8 Å². The zero-order valence-electron chi connectivity index (χ0n) is 7.02. The fraction of sp³-hybridized carbons (Fsp3) is 0.714. The van der Waals surface area contributed by atoms with Crippen LogP contribution in [0.25, 0.3) is 0 Å². The zero-order valence-corrected chi connectivity index (χ0v) is 7.02. The lowest BCUT2D eigenvalue weighted by Crippen LogP contribution is -2.47. The average Bonchev–Trinajstić information content (AvgIpc) is 1.86. The van der Waals surface area contributed by atoms with Gasteiger partial charge in [0.25, 0.3) is 0 Å². The van der Waals surface area contributed by atoms with Crippen LogP contribution in [0.1, 0.15) is 20.8 Å². The van der Waals surface area contributed by atoms with Crippen LogP contribution in [-0.2, 0) is 9.59 Å². The van der Waals surface area contributed by atoms with E-state index in [1.807, 2.05) is 0 Å². The Labute approximate surface area is 68.4 Å². The normalized spacial score (nSPS) is 12.8. The van der Waals surface area contributed by atoms with Crippen LogP contribution in [0.15, 0.2) is 0 Å². The molecule has 0 aromatic carbocycles. The number of hydrogen-bond donors (Lipinski definition) is 1. The van der Waals surface area contributed by atoms with E-state index in [4.69, 9.17) is 5.11 Å². The number of carbonyl (C=O) groups excluding carboxylic acids is 1.